The first-order valence-corrected chi connectivity index (χ1v) is 9.63. The smallest absolute Gasteiger partial charge is 0.237 e. The average molecular weight is 348 g/mol. The van der Waals surface area contributed by atoms with Crippen LogP contribution in [0.4, 0.5) is 5.69 Å². The summed E-state index contributed by atoms with van der Waals surface area (Å²) >= 11 is 5.98. The summed E-state index contributed by atoms with van der Waals surface area (Å²) in [7, 11) is 0. The minimum absolute atomic E-state index is 0.0803. The molecule has 1 N–H and O–H groups in total. The first-order valence-electron chi connectivity index (χ1n) is 9.25. The predicted octanol–water partition coefficient (Wildman–Crippen LogP) is 2.91. The third kappa shape index (κ3) is 3.27. The molecule has 1 aromatic rings. The zero-order chi connectivity index (χ0) is 16.5. The molecule has 2 heterocycles. The number of hydrogen-bond acceptors (Lipinski definition) is 3. The lowest BCUT2D eigenvalue weighted by Gasteiger charge is -2.45. The Hall–Kier alpha value is -1.26. The molecule has 5 heteroatoms. The standard InChI is InChI=1S/C19H26ClN3O/c20-15-5-7-16(8-6-15)22-9-11-23(12-10-22)18-13-14-3-1-2-4-17(14)21-19(18)24/h5-8,14,17-18H,1-4,9-13H2,(H,21,24). The van der Waals surface area contributed by atoms with Crippen molar-refractivity contribution in [1.82, 2.24) is 10.2 Å². The van der Waals surface area contributed by atoms with E-state index in [0.29, 0.717) is 12.0 Å². The molecule has 1 amide bonds. The van der Waals surface area contributed by atoms with Crippen LogP contribution in [-0.2, 0) is 4.79 Å². The van der Waals surface area contributed by atoms with Crippen LogP contribution >= 0.6 is 11.6 Å². The summed E-state index contributed by atoms with van der Waals surface area (Å²) in [5, 5.41) is 4.08. The zero-order valence-electron chi connectivity index (χ0n) is 14.1. The van der Waals surface area contributed by atoms with Gasteiger partial charge in [0.15, 0.2) is 0 Å². The number of piperazine rings is 1. The molecule has 4 rings (SSSR count). The molecule has 130 valence electrons. The number of nitrogens with one attached hydrogen (secondary N) is 1. The Morgan fingerprint density at radius 2 is 1.71 bits per heavy atom. The Morgan fingerprint density at radius 3 is 2.46 bits per heavy atom. The molecule has 3 aliphatic rings. The Bertz CT molecular complexity index is 583. The number of benzene rings is 1. The van der Waals surface area contributed by atoms with Gasteiger partial charge in [-0.3, -0.25) is 9.69 Å². The number of halogens is 1. The van der Waals surface area contributed by atoms with Crippen molar-refractivity contribution in [2.75, 3.05) is 31.1 Å². The van der Waals surface area contributed by atoms with Gasteiger partial charge in [-0.25, -0.2) is 0 Å². The largest absolute Gasteiger partial charge is 0.369 e. The fourth-order valence-corrected chi connectivity index (χ4v) is 4.74. The molecule has 24 heavy (non-hydrogen) atoms. The maximum Gasteiger partial charge on any atom is 0.237 e. The van der Waals surface area contributed by atoms with Crippen LogP contribution in [-0.4, -0.2) is 49.1 Å². The molecule has 0 spiro atoms. The second-order valence-electron chi connectivity index (χ2n) is 7.41. The predicted molar refractivity (Wildman–Crippen MR) is 97.5 cm³/mol. The van der Waals surface area contributed by atoms with Crippen molar-refractivity contribution in [3.05, 3.63) is 29.3 Å². The third-order valence-corrected chi connectivity index (χ3v) is 6.26. The molecule has 1 aromatic carbocycles. The minimum atomic E-state index is 0.0803. The van der Waals surface area contributed by atoms with E-state index in [9.17, 15) is 4.79 Å². The van der Waals surface area contributed by atoms with Gasteiger partial charge < -0.3 is 10.2 Å². The van der Waals surface area contributed by atoms with E-state index in [0.717, 1.165) is 37.6 Å². The summed E-state index contributed by atoms with van der Waals surface area (Å²) in [5.41, 5.74) is 1.22. The second kappa shape index (κ2) is 6.93. The Morgan fingerprint density at radius 1 is 1.00 bits per heavy atom. The summed E-state index contributed by atoms with van der Waals surface area (Å²) in [6.07, 6.45) is 6.11. The van der Waals surface area contributed by atoms with E-state index in [2.05, 4.69) is 27.2 Å². The Labute approximate surface area is 149 Å². The van der Waals surface area contributed by atoms with Gasteiger partial charge in [-0.2, -0.15) is 0 Å². The van der Waals surface area contributed by atoms with Gasteiger partial charge in [-0.15, -0.1) is 0 Å². The molecule has 3 unspecified atom stereocenters. The van der Waals surface area contributed by atoms with Gasteiger partial charge >= 0.3 is 0 Å². The van der Waals surface area contributed by atoms with Gasteiger partial charge in [-0.1, -0.05) is 24.4 Å². The number of rotatable bonds is 2. The van der Waals surface area contributed by atoms with Crippen molar-refractivity contribution in [3.63, 3.8) is 0 Å². The van der Waals surface area contributed by atoms with Crippen molar-refractivity contribution in [2.24, 2.45) is 5.92 Å². The molecular formula is C19H26ClN3O. The first-order chi connectivity index (χ1) is 11.7. The topological polar surface area (TPSA) is 35.6 Å². The van der Waals surface area contributed by atoms with E-state index in [1.807, 2.05) is 12.1 Å². The van der Waals surface area contributed by atoms with Gasteiger partial charge in [0.25, 0.3) is 0 Å². The lowest BCUT2D eigenvalue weighted by molar-refractivity contribution is -0.132. The van der Waals surface area contributed by atoms with Crippen LogP contribution in [0.1, 0.15) is 32.1 Å². The SMILES string of the molecule is O=C1NC2CCCCC2CC1N1CCN(c2ccc(Cl)cc2)CC1. The van der Waals surface area contributed by atoms with Crippen molar-refractivity contribution >= 4 is 23.2 Å². The van der Waals surface area contributed by atoms with Crippen molar-refractivity contribution in [1.29, 1.82) is 0 Å². The van der Waals surface area contributed by atoms with E-state index in [1.165, 1.54) is 31.4 Å². The normalized spacial score (nSPS) is 31.5. The monoisotopic (exact) mass is 347 g/mol. The fourth-order valence-electron chi connectivity index (χ4n) is 4.61. The number of hydrogen-bond donors (Lipinski definition) is 1. The number of carbonyl (C=O) groups is 1. The second-order valence-corrected chi connectivity index (χ2v) is 7.85. The maximum atomic E-state index is 12.6. The summed E-state index contributed by atoms with van der Waals surface area (Å²) in [4.78, 5) is 17.3. The number of amides is 1. The molecule has 1 aliphatic carbocycles. The molecule has 0 radical (unpaired) electrons. The van der Waals surface area contributed by atoms with Crippen molar-refractivity contribution < 1.29 is 4.79 Å². The van der Waals surface area contributed by atoms with Crippen LogP contribution < -0.4 is 10.2 Å². The summed E-state index contributed by atoms with van der Waals surface area (Å²) < 4.78 is 0. The number of piperidine rings is 1. The van der Waals surface area contributed by atoms with Crippen LogP contribution in [0.5, 0.6) is 0 Å². The zero-order valence-corrected chi connectivity index (χ0v) is 14.8. The molecular weight excluding hydrogens is 322 g/mol. The number of carbonyl (C=O) groups excluding carboxylic acids is 1. The fraction of sp³-hybridized carbons (Fsp3) is 0.632. The van der Waals surface area contributed by atoms with Gasteiger partial charge in [0.2, 0.25) is 5.91 Å². The van der Waals surface area contributed by atoms with E-state index in [1.54, 1.807) is 0 Å². The quantitative estimate of drug-likeness (QED) is 0.893. The summed E-state index contributed by atoms with van der Waals surface area (Å²) in [6.45, 7) is 3.86. The number of nitrogens with zero attached hydrogens (tertiary/aromatic N) is 2. The number of anilines is 1. The van der Waals surface area contributed by atoms with E-state index < -0.39 is 0 Å². The number of fused-ring (bicyclic) bond motifs is 1. The van der Waals surface area contributed by atoms with E-state index in [4.69, 9.17) is 11.6 Å². The molecule has 2 saturated heterocycles. The lowest BCUT2D eigenvalue weighted by Crippen LogP contribution is -2.61. The van der Waals surface area contributed by atoms with E-state index in [-0.39, 0.29) is 11.9 Å². The Kier molecular flexibility index (Phi) is 4.68. The van der Waals surface area contributed by atoms with Crippen LogP contribution in [0.2, 0.25) is 5.02 Å². The van der Waals surface area contributed by atoms with Gasteiger partial charge in [0.1, 0.15) is 0 Å². The van der Waals surface area contributed by atoms with Crippen LogP contribution in [0.3, 0.4) is 0 Å². The summed E-state index contributed by atoms with van der Waals surface area (Å²) in [5.74, 6) is 0.953. The minimum Gasteiger partial charge on any atom is -0.369 e. The molecule has 2 aliphatic heterocycles. The molecule has 0 bridgehead atoms. The van der Waals surface area contributed by atoms with Crippen molar-refractivity contribution in [3.8, 4) is 0 Å². The molecule has 1 saturated carbocycles. The first kappa shape index (κ1) is 16.2. The van der Waals surface area contributed by atoms with E-state index >= 15 is 0 Å². The van der Waals surface area contributed by atoms with Gasteiger partial charge in [0.05, 0.1) is 6.04 Å². The van der Waals surface area contributed by atoms with Crippen LogP contribution in [0, 0.1) is 5.92 Å². The highest BCUT2D eigenvalue weighted by Crippen LogP contribution is 2.33. The highest BCUT2D eigenvalue weighted by Gasteiger charge is 2.40. The van der Waals surface area contributed by atoms with Gasteiger partial charge in [0, 0.05) is 42.9 Å². The van der Waals surface area contributed by atoms with Crippen LogP contribution in [0.25, 0.3) is 0 Å². The lowest BCUT2D eigenvalue weighted by atomic mass is 9.77. The third-order valence-electron chi connectivity index (χ3n) is 6.01. The average Bonchev–Trinajstić information content (AvgIpc) is 2.62. The Balaban J connectivity index is 1.36. The van der Waals surface area contributed by atoms with Crippen LogP contribution in [0.15, 0.2) is 24.3 Å². The molecule has 0 aromatic heterocycles. The van der Waals surface area contributed by atoms with Crippen molar-refractivity contribution in [2.45, 2.75) is 44.2 Å². The molecule has 4 nitrogen and oxygen atoms in total. The van der Waals surface area contributed by atoms with Gasteiger partial charge in [-0.05, 0) is 49.4 Å². The molecule has 3 atom stereocenters. The highest BCUT2D eigenvalue weighted by atomic mass is 35.5. The molecule has 3 fully saturated rings. The summed E-state index contributed by atoms with van der Waals surface area (Å²) in [6, 6.07) is 8.58. The maximum absolute atomic E-state index is 12.6. The highest BCUT2D eigenvalue weighted by molar-refractivity contribution is 6.30.